The lowest BCUT2D eigenvalue weighted by atomic mass is 9.89. The van der Waals surface area contributed by atoms with Crippen LogP contribution in [0.5, 0.6) is 0 Å². The zero-order chi connectivity index (χ0) is 31.3. The first kappa shape index (κ1) is 32.9. The highest BCUT2D eigenvalue weighted by molar-refractivity contribution is 5.86. The Labute approximate surface area is 274 Å². The first-order valence-electron chi connectivity index (χ1n) is 19.4. The number of hydrogen-bond acceptors (Lipinski definition) is 7. The van der Waals surface area contributed by atoms with E-state index in [9.17, 15) is 4.79 Å². The van der Waals surface area contributed by atoms with Gasteiger partial charge in [-0.25, -0.2) is 4.99 Å². The Morgan fingerprint density at radius 3 is 2.33 bits per heavy atom. The number of rotatable bonds is 16. The van der Waals surface area contributed by atoms with E-state index in [4.69, 9.17) is 9.73 Å². The molecule has 3 fully saturated rings. The Balaban J connectivity index is 0.868. The molecule has 0 bridgehead atoms. The molecular formula is C37H65N6O2+. The topological polar surface area (TPSA) is 81.0 Å². The van der Waals surface area contributed by atoms with Crippen LogP contribution in [0.15, 0.2) is 4.99 Å². The molecule has 8 nitrogen and oxygen atoms in total. The lowest BCUT2D eigenvalue weighted by Crippen LogP contribution is -2.63. The molecule has 6 rings (SSSR count). The van der Waals surface area contributed by atoms with E-state index >= 15 is 0 Å². The number of ether oxygens (including phenoxy) is 1. The molecule has 1 unspecified atom stereocenters. The van der Waals surface area contributed by atoms with Gasteiger partial charge in [-0.15, -0.1) is 0 Å². The van der Waals surface area contributed by atoms with Crippen LogP contribution in [0.3, 0.4) is 0 Å². The summed E-state index contributed by atoms with van der Waals surface area (Å²) < 4.78 is 8.77. The van der Waals surface area contributed by atoms with Crippen molar-refractivity contribution in [3.63, 3.8) is 0 Å². The third kappa shape index (κ3) is 7.77. The maximum atomic E-state index is 13.5. The molecule has 6 aliphatic heterocycles. The number of carbonyl (C=O) groups excluding carboxylic acids is 1. The van der Waals surface area contributed by atoms with Crippen molar-refractivity contribution in [1.82, 2.24) is 20.9 Å². The summed E-state index contributed by atoms with van der Waals surface area (Å²) in [6.45, 7) is 8.82. The molecule has 0 aromatic heterocycles. The Bertz CT molecular complexity index is 1060. The van der Waals surface area contributed by atoms with Crippen LogP contribution in [-0.4, -0.2) is 81.8 Å². The van der Waals surface area contributed by atoms with E-state index in [2.05, 4.69) is 53.1 Å². The second kappa shape index (κ2) is 15.3. The summed E-state index contributed by atoms with van der Waals surface area (Å²) in [5.41, 5.74) is 0. The molecule has 0 aromatic carbocycles. The number of guanidine groups is 2. The van der Waals surface area contributed by atoms with Crippen LogP contribution in [0.25, 0.3) is 0 Å². The molecule has 0 radical (unpaired) electrons. The van der Waals surface area contributed by atoms with E-state index in [0.29, 0.717) is 24.2 Å². The van der Waals surface area contributed by atoms with Crippen molar-refractivity contribution >= 4 is 17.9 Å². The molecule has 0 saturated carbocycles. The summed E-state index contributed by atoms with van der Waals surface area (Å²) in [7, 11) is 0. The lowest BCUT2D eigenvalue weighted by Gasteiger charge is -2.47. The van der Waals surface area contributed by atoms with Gasteiger partial charge < -0.3 is 15.0 Å². The third-order valence-corrected chi connectivity index (χ3v) is 12.1. The first-order chi connectivity index (χ1) is 21.9. The van der Waals surface area contributed by atoms with Crippen molar-refractivity contribution in [3.05, 3.63) is 0 Å². The van der Waals surface area contributed by atoms with Gasteiger partial charge in [0.1, 0.15) is 0 Å². The smallest absolute Gasteiger partial charge is 0.346 e. The number of aliphatic imine (C=N–C) groups is 1. The molecule has 6 aliphatic rings. The minimum absolute atomic E-state index is 0.0177. The maximum absolute atomic E-state index is 13.5. The lowest BCUT2D eigenvalue weighted by molar-refractivity contribution is -0.593. The average Bonchev–Trinajstić information content (AvgIpc) is 3.61. The Kier molecular flexibility index (Phi) is 11.2. The fourth-order valence-corrected chi connectivity index (χ4v) is 9.85. The summed E-state index contributed by atoms with van der Waals surface area (Å²) >= 11 is 0. The monoisotopic (exact) mass is 626 g/mol. The minimum Gasteiger partial charge on any atom is -0.462 e. The molecule has 6 heterocycles. The summed E-state index contributed by atoms with van der Waals surface area (Å²) in [5.74, 6) is 2.22. The predicted molar refractivity (Wildman–Crippen MR) is 183 cm³/mol. The quantitative estimate of drug-likeness (QED) is 0.107. The SMILES string of the molecule is CCCCCCC[C@@H]1C[C@@H]2CC[C@H]3[C@@H](C(=O)OC(C)CCCCCCC[C@@H]4C[C@@H]5CC[C@@H]6C[C@H](C)NC(=[N+]65)N4)[C@@H](C)N=C(N1)N23. The van der Waals surface area contributed by atoms with E-state index in [0.717, 1.165) is 37.3 Å². The molecule has 0 amide bonds. The summed E-state index contributed by atoms with van der Waals surface area (Å²) in [4.78, 5) is 21.0. The number of carbonyl (C=O) groups is 1. The van der Waals surface area contributed by atoms with E-state index in [1.807, 2.05) is 0 Å². The highest BCUT2D eigenvalue weighted by Gasteiger charge is 2.51. The second-order valence-electron chi connectivity index (χ2n) is 15.8. The van der Waals surface area contributed by atoms with E-state index in [1.54, 1.807) is 0 Å². The Hall–Kier alpha value is -1.99. The van der Waals surface area contributed by atoms with Crippen molar-refractivity contribution in [3.8, 4) is 0 Å². The molecule has 45 heavy (non-hydrogen) atoms. The molecule has 0 spiro atoms. The molecule has 10 atom stereocenters. The standard InChI is InChI=1S/C37H64N6O2/c1-5-6-7-9-13-16-29-24-32-20-21-33-34(27(4)39-37(41-29)43(32)33)35(44)45-26(3)15-12-10-8-11-14-17-28-23-31-19-18-30-22-25(2)38-36(40-28)42(30)31/h25-34H,5-24H2,1-4H3,(H2,38,39,40,41)/p+1/t25-,26?,27+,28+,29+,30+,31-,32-,33-,34-/m0/s1. The van der Waals surface area contributed by atoms with E-state index in [-0.39, 0.29) is 30.1 Å². The summed E-state index contributed by atoms with van der Waals surface area (Å²) in [5, 5.41) is 11.4. The van der Waals surface area contributed by atoms with Gasteiger partial charge in [0.05, 0.1) is 42.2 Å². The first-order valence-corrected chi connectivity index (χ1v) is 19.4. The van der Waals surface area contributed by atoms with E-state index in [1.165, 1.54) is 115 Å². The van der Waals surface area contributed by atoms with E-state index < -0.39 is 0 Å². The normalized spacial score (nSPS) is 35.5. The van der Waals surface area contributed by atoms with Gasteiger partial charge in [0.15, 0.2) is 5.96 Å². The number of esters is 1. The molecular weight excluding hydrogens is 560 g/mol. The van der Waals surface area contributed by atoms with Gasteiger partial charge in [0.2, 0.25) is 0 Å². The van der Waals surface area contributed by atoms with Gasteiger partial charge in [-0.1, -0.05) is 64.7 Å². The van der Waals surface area contributed by atoms with Crippen molar-refractivity contribution in [2.45, 2.75) is 211 Å². The van der Waals surface area contributed by atoms with Crippen LogP contribution in [0, 0.1) is 5.92 Å². The Morgan fingerprint density at radius 1 is 0.867 bits per heavy atom. The van der Waals surface area contributed by atoms with Crippen LogP contribution in [0.4, 0.5) is 0 Å². The summed E-state index contributed by atoms with van der Waals surface area (Å²) in [6, 6.07) is 3.99. The van der Waals surface area contributed by atoms with Crippen LogP contribution < -0.4 is 16.0 Å². The van der Waals surface area contributed by atoms with Crippen molar-refractivity contribution in [1.29, 1.82) is 0 Å². The molecule has 3 saturated heterocycles. The largest absolute Gasteiger partial charge is 0.462 e. The molecule has 0 aliphatic carbocycles. The van der Waals surface area contributed by atoms with Gasteiger partial charge in [-0.2, -0.15) is 0 Å². The van der Waals surface area contributed by atoms with Crippen LogP contribution >= 0.6 is 0 Å². The predicted octanol–water partition coefficient (Wildman–Crippen LogP) is 6.22. The maximum Gasteiger partial charge on any atom is 0.346 e. The third-order valence-electron chi connectivity index (χ3n) is 12.1. The molecule has 3 N–H and O–H groups in total. The van der Waals surface area contributed by atoms with Crippen LogP contribution in [-0.2, 0) is 9.53 Å². The van der Waals surface area contributed by atoms with Crippen molar-refractivity contribution in [2.24, 2.45) is 10.9 Å². The van der Waals surface area contributed by atoms with Gasteiger partial charge in [0.25, 0.3) is 0 Å². The fourth-order valence-electron chi connectivity index (χ4n) is 9.85. The zero-order valence-corrected chi connectivity index (χ0v) is 29.1. The number of unbranched alkanes of at least 4 members (excludes halogenated alkanes) is 8. The summed E-state index contributed by atoms with van der Waals surface area (Å²) in [6.07, 6.45) is 25.1. The van der Waals surface area contributed by atoms with Gasteiger partial charge in [-0.05, 0) is 78.6 Å². The number of hydrogen-bond donors (Lipinski definition) is 3. The molecule has 8 heteroatoms. The average molecular weight is 626 g/mol. The van der Waals surface area contributed by atoms with Crippen LogP contribution in [0.2, 0.25) is 0 Å². The molecule has 254 valence electrons. The minimum atomic E-state index is -0.144. The fraction of sp³-hybridized carbons (Fsp3) is 0.919. The molecule has 0 aromatic rings. The van der Waals surface area contributed by atoms with Gasteiger partial charge in [0, 0.05) is 31.0 Å². The highest BCUT2D eigenvalue weighted by atomic mass is 16.5. The number of nitrogens with one attached hydrogen (secondary N) is 3. The second-order valence-corrected chi connectivity index (χ2v) is 15.8. The highest BCUT2D eigenvalue weighted by Crippen LogP contribution is 2.40. The van der Waals surface area contributed by atoms with Crippen molar-refractivity contribution in [2.75, 3.05) is 0 Å². The van der Waals surface area contributed by atoms with Gasteiger partial charge >= 0.3 is 11.9 Å². The van der Waals surface area contributed by atoms with Crippen molar-refractivity contribution < 1.29 is 14.1 Å². The Morgan fingerprint density at radius 2 is 1.56 bits per heavy atom. The zero-order valence-electron chi connectivity index (χ0n) is 29.1. The number of nitrogens with zero attached hydrogens (tertiary/aromatic N) is 3. The van der Waals surface area contributed by atoms with Gasteiger partial charge in [-0.3, -0.25) is 20.0 Å². The van der Waals surface area contributed by atoms with Crippen LogP contribution in [0.1, 0.15) is 156 Å².